The van der Waals surface area contributed by atoms with E-state index < -0.39 is 0 Å². The van der Waals surface area contributed by atoms with Crippen molar-refractivity contribution in [1.82, 2.24) is 4.90 Å². The van der Waals surface area contributed by atoms with E-state index in [1.807, 2.05) is 0 Å². The first-order valence-corrected chi connectivity index (χ1v) is 7.09. The van der Waals surface area contributed by atoms with Gasteiger partial charge in [-0.15, -0.1) is 0 Å². The maximum Gasteiger partial charge on any atom is 0.0622 e. The fourth-order valence-electron chi connectivity index (χ4n) is 2.52. The first kappa shape index (κ1) is 15.7. The summed E-state index contributed by atoms with van der Waals surface area (Å²) in [5.41, 5.74) is 7.17. The second-order valence-corrected chi connectivity index (χ2v) is 5.55. The number of rotatable bonds is 6. The average Bonchev–Trinajstić information content (AvgIpc) is 2.37. The molecule has 1 aromatic carbocycles. The SMILES string of the molecule is Cc1cc(C)c(C)c(CCN(C)CCCC#N)c1C. The molecule has 0 radical (unpaired) electrons. The van der Waals surface area contributed by atoms with Crippen LogP contribution in [0.3, 0.4) is 0 Å². The van der Waals surface area contributed by atoms with Gasteiger partial charge in [-0.05, 0) is 81.9 Å². The van der Waals surface area contributed by atoms with Crippen molar-refractivity contribution < 1.29 is 0 Å². The van der Waals surface area contributed by atoms with Gasteiger partial charge in [0.05, 0.1) is 6.07 Å². The molecule has 0 atom stereocenters. The lowest BCUT2D eigenvalue weighted by Gasteiger charge is -2.19. The summed E-state index contributed by atoms with van der Waals surface area (Å²) in [6, 6.07) is 4.49. The second kappa shape index (κ2) is 7.31. The van der Waals surface area contributed by atoms with E-state index in [0.717, 1.165) is 25.9 Å². The molecule has 2 heteroatoms. The molecule has 0 fully saturated rings. The summed E-state index contributed by atoms with van der Waals surface area (Å²) in [6.45, 7) is 10.9. The van der Waals surface area contributed by atoms with E-state index in [9.17, 15) is 0 Å². The third-order valence-electron chi connectivity index (χ3n) is 4.09. The lowest BCUT2D eigenvalue weighted by Crippen LogP contribution is -2.23. The van der Waals surface area contributed by atoms with Crippen LogP contribution in [0, 0.1) is 39.0 Å². The first-order valence-electron chi connectivity index (χ1n) is 7.09. The van der Waals surface area contributed by atoms with Crippen LogP contribution in [0.4, 0.5) is 0 Å². The highest BCUT2D eigenvalue weighted by Crippen LogP contribution is 2.22. The Bertz CT molecular complexity index is 443. The Morgan fingerprint density at radius 2 is 1.63 bits per heavy atom. The minimum Gasteiger partial charge on any atom is -0.306 e. The number of benzene rings is 1. The standard InChI is InChI=1S/C17H26N2/c1-13-12-14(2)16(4)17(15(13)3)8-11-19(5)10-7-6-9-18/h12H,6-8,10-11H2,1-5H3. The zero-order valence-corrected chi connectivity index (χ0v) is 13.0. The Labute approximate surface area is 118 Å². The van der Waals surface area contributed by atoms with Gasteiger partial charge in [0.2, 0.25) is 0 Å². The average molecular weight is 258 g/mol. The lowest BCUT2D eigenvalue weighted by atomic mass is 9.92. The van der Waals surface area contributed by atoms with Crippen LogP contribution in [0.15, 0.2) is 6.07 Å². The third-order valence-corrected chi connectivity index (χ3v) is 4.09. The van der Waals surface area contributed by atoms with Gasteiger partial charge in [0, 0.05) is 13.0 Å². The predicted molar refractivity (Wildman–Crippen MR) is 81.4 cm³/mol. The molecule has 0 saturated heterocycles. The normalized spacial score (nSPS) is 10.8. The van der Waals surface area contributed by atoms with Crippen LogP contribution < -0.4 is 0 Å². The van der Waals surface area contributed by atoms with Crippen molar-refractivity contribution in [2.45, 2.75) is 47.0 Å². The quantitative estimate of drug-likeness (QED) is 0.727. The highest BCUT2D eigenvalue weighted by Gasteiger charge is 2.09. The molecule has 0 spiro atoms. The van der Waals surface area contributed by atoms with E-state index in [1.54, 1.807) is 0 Å². The maximum absolute atomic E-state index is 8.55. The van der Waals surface area contributed by atoms with Gasteiger partial charge >= 0.3 is 0 Å². The Kier molecular flexibility index (Phi) is 6.05. The van der Waals surface area contributed by atoms with Crippen molar-refractivity contribution in [3.8, 4) is 6.07 Å². The molecule has 2 nitrogen and oxygen atoms in total. The monoisotopic (exact) mass is 258 g/mol. The maximum atomic E-state index is 8.55. The van der Waals surface area contributed by atoms with E-state index in [0.29, 0.717) is 6.42 Å². The first-order chi connectivity index (χ1) is 8.97. The van der Waals surface area contributed by atoms with Gasteiger partial charge in [0.1, 0.15) is 0 Å². The number of nitriles is 1. The molecule has 1 aromatic rings. The van der Waals surface area contributed by atoms with Crippen LogP contribution in [-0.2, 0) is 6.42 Å². The van der Waals surface area contributed by atoms with Gasteiger partial charge < -0.3 is 4.90 Å². The zero-order valence-electron chi connectivity index (χ0n) is 13.0. The number of unbranched alkanes of at least 4 members (excludes halogenated alkanes) is 1. The number of hydrogen-bond acceptors (Lipinski definition) is 2. The van der Waals surface area contributed by atoms with Gasteiger partial charge in [-0.3, -0.25) is 0 Å². The fourth-order valence-corrected chi connectivity index (χ4v) is 2.52. The minimum atomic E-state index is 0.659. The smallest absolute Gasteiger partial charge is 0.0622 e. The van der Waals surface area contributed by atoms with Crippen molar-refractivity contribution in [2.75, 3.05) is 20.1 Å². The van der Waals surface area contributed by atoms with E-state index in [1.165, 1.54) is 27.8 Å². The molecule has 0 aliphatic heterocycles. The van der Waals surface area contributed by atoms with Crippen LogP contribution in [0.2, 0.25) is 0 Å². The van der Waals surface area contributed by atoms with Gasteiger partial charge in [0.25, 0.3) is 0 Å². The molecule has 1 rings (SSSR count). The van der Waals surface area contributed by atoms with E-state index in [2.05, 4.69) is 51.8 Å². The molecule has 0 bridgehead atoms. The summed E-state index contributed by atoms with van der Waals surface area (Å²) >= 11 is 0. The highest BCUT2D eigenvalue weighted by molar-refractivity contribution is 5.44. The van der Waals surface area contributed by atoms with Crippen LogP contribution in [0.5, 0.6) is 0 Å². The van der Waals surface area contributed by atoms with Crippen molar-refractivity contribution in [2.24, 2.45) is 0 Å². The number of nitrogens with zero attached hydrogens (tertiary/aromatic N) is 2. The summed E-state index contributed by atoms with van der Waals surface area (Å²) < 4.78 is 0. The van der Waals surface area contributed by atoms with Gasteiger partial charge in [-0.2, -0.15) is 5.26 Å². The fraction of sp³-hybridized carbons (Fsp3) is 0.588. The third kappa shape index (κ3) is 4.36. The zero-order chi connectivity index (χ0) is 14.4. The molecule has 0 aliphatic carbocycles. The Morgan fingerprint density at radius 1 is 1.05 bits per heavy atom. The molecular formula is C17H26N2. The predicted octanol–water partition coefficient (Wildman–Crippen LogP) is 3.70. The Morgan fingerprint density at radius 3 is 2.16 bits per heavy atom. The Balaban J connectivity index is 2.65. The molecule has 0 aliphatic rings. The van der Waals surface area contributed by atoms with Crippen molar-refractivity contribution in [1.29, 1.82) is 5.26 Å². The van der Waals surface area contributed by atoms with E-state index >= 15 is 0 Å². The largest absolute Gasteiger partial charge is 0.306 e. The van der Waals surface area contributed by atoms with Crippen LogP contribution >= 0.6 is 0 Å². The summed E-state index contributed by atoms with van der Waals surface area (Å²) in [4.78, 5) is 2.33. The van der Waals surface area contributed by atoms with Crippen LogP contribution in [0.1, 0.15) is 40.7 Å². The molecule has 19 heavy (non-hydrogen) atoms. The summed E-state index contributed by atoms with van der Waals surface area (Å²) in [5.74, 6) is 0. The lowest BCUT2D eigenvalue weighted by molar-refractivity contribution is 0.334. The Hall–Kier alpha value is -1.33. The van der Waals surface area contributed by atoms with E-state index in [-0.39, 0.29) is 0 Å². The summed E-state index contributed by atoms with van der Waals surface area (Å²) in [7, 11) is 2.14. The van der Waals surface area contributed by atoms with Gasteiger partial charge in [0.15, 0.2) is 0 Å². The summed E-state index contributed by atoms with van der Waals surface area (Å²) in [6.07, 6.45) is 2.73. The van der Waals surface area contributed by atoms with Gasteiger partial charge in [-0.25, -0.2) is 0 Å². The van der Waals surface area contributed by atoms with Gasteiger partial charge in [-0.1, -0.05) is 6.07 Å². The highest BCUT2D eigenvalue weighted by atomic mass is 15.1. The molecule has 104 valence electrons. The van der Waals surface area contributed by atoms with E-state index in [4.69, 9.17) is 5.26 Å². The summed E-state index contributed by atoms with van der Waals surface area (Å²) in [5, 5.41) is 8.55. The topological polar surface area (TPSA) is 27.0 Å². The van der Waals surface area contributed by atoms with Crippen molar-refractivity contribution in [3.63, 3.8) is 0 Å². The van der Waals surface area contributed by atoms with Crippen LogP contribution in [-0.4, -0.2) is 25.0 Å². The molecule has 0 saturated carbocycles. The number of likely N-dealkylation sites (N-methyl/N-ethyl adjacent to an activating group) is 1. The molecule has 0 heterocycles. The molecule has 0 unspecified atom stereocenters. The van der Waals surface area contributed by atoms with Crippen LogP contribution in [0.25, 0.3) is 0 Å². The molecule has 0 N–H and O–H groups in total. The molecule has 0 amide bonds. The number of hydrogen-bond donors (Lipinski definition) is 0. The molecule has 0 aromatic heterocycles. The number of aryl methyl sites for hydroxylation is 2. The minimum absolute atomic E-state index is 0.659. The van der Waals surface area contributed by atoms with Crippen molar-refractivity contribution in [3.05, 3.63) is 33.9 Å². The molecular weight excluding hydrogens is 232 g/mol. The second-order valence-electron chi connectivity index (χ2n) is 5.55. The van der Waals surface area contributed by atoms with Crippen molar-refractivity contribution >= 4 is 0 Å².